The van der Waals surface area contributed by atoms with Crippen molar-refractivity contribution in [2.45, 2.75) is 25.4 Å². The number of benzene rings is 2. The number of fused-ring (bicyclic) bond motifs is 1. The van der Waals surface area contributed by atoms with Crippen LogP contribution in [0.25, 0.3) is 0 Å². The Labute approximate surface area is 158 Å². The lowest BCUT2D eigenvalue weighted by atomic mass is 10.1. The van der Waals surface area contributed by atoms with E-state index in [0.29, 0.717) is 10.7 Å². The summed E-state index contributed by atoms with van der Waals surface area (Å²) in [6.45, 7) is 2.07. The molecule has 2 saturated heterocycles. The molecule has 2 heterocycles. The number of sulfone groups is 1. The minimum Gasteiger partial charge on any atom is -0.288 e. The molecule has 136 valence electrons. The average molecular weight is 391 g/mol. The number of hydrogen-bond donors (Lipinski definition) is 0. The Bertz CT molecular complexity index is 942. The maximum Gasteiger partial charge on any atom is 0.329 e. The van der Waals surface area contributed by atoms with E-state index in [0.717, 1.165) is 12.1 Å². The number of halogens is 1. The van der Waals surface area contributed by atoms with Gasteiger partial charge in [-0.25, -0.2) is 13.2 Å². The minimum absolute atomic E-state index is 0.0109. The van der Waals surface area contributed by atoms with E-state index in [-0.39, 0.29) is 29.6 Å². The molecule has 4 rings (SSSR count). The maximum absolute atomic E-state index is 13.2. The normalized spacial score (nSPS) is 24.2. The van der Waals surface area contributed by atoms with E-state index >= 15 is 0 Å². The van der Waals surface area contributed by atoms with Gasteiger partial charge in [-0.15, -0.1) is 0 Å². The zero-order valence-electron chi connectivity index (χ0n) is 14.3. The molecule has 0 spiro atoms. The van der Waals surface area contributed by atoms with Crippen LogP contribution in [0.5, 0.6) is 0 Å². The molecular formula is C19H19ClN2O3S. The van der Waals surface area contributed by atoms with Crippen molar-refractivity contribution in [1.29, 1.82) is 0 Å². The predicted molar refractivity (Wildman–Crippen MR) is 104 cm³/mol. The summed E-state index contributed by atoms with van der Waals surface area (Å²) in [6.07, 6.45) is 0.908. The van der Waals surface area contributed by atoms with Gasteiger partial charge in [0.05, 0.1) is 23.6 Å². The van der Waals surface area contributed by atoms with Crippen molar-refractivity contribution >= 4 is 38.8 Å². The van der Waals surface area contributed by atoms with Crippen LogP contribution in [0.4, 0.5) is 16.2 Å². The summed E-state index contributed by atoms with van der Waals surface area (Å²) in [7, 11) is -3.19. The van der Waals surface area contributed by atoms with Crippen LogP contribution in [0.2, 0.25) is 5.02 Å². The zero-order chi connectivity index (χ0) is 18.5. The molecule has 2 aromatic rings. The number of carbonyl (C=O) groups is 1. The van der Waals surface area contributed by atoms with E-state index in [2.05, 4.69) is 6.92 Å². The molecule has 2 atom stereocenters. The van der Waals surface area contributed by atoms with E-state index in [1.807, 2.05) is 24.3 Å². The maximum atomic E-state index is 13.2. The largest absolute Gasteiger partial charge is 0.329 e. The fourth-order valence-electron chi connectivity index (χ4n) is 3.80. The third-order valence-corrected chi connectivity index (χ3v) is 7.05. The van der Waals surface area contributed by atoms with E-state index in [1.54, 1.807) is 34.1 Å². The number of hydrogen-bond acceptors (Lipinski definition) is 3. The quantitative estimate of drug-likeness (QED) is 0.753. The lowest BCUT2D eigenvalue weighted by Gasteiger charge is -2.23. The van der Waals surface area contributed by atoms with Crippen molar-refractivity contribution in [3.8, 4) is 0 Å². The number of amides is 2. The van der Waals surface area contributed by atoms with Gasteiger partial charge >= 0.3 is 6.03 Å². The Morgan fingerprint density at radius 3 is 1.85 bits per heavy atom. The SMILES string of the molecule is CCc1ccc(N2C(=O)N(c3ccc(Cl)cc3)[C@@H]3CS(=O)(=O)C[C@H]32)cc1. The van der Waals surface area contributed by atoms with Crippen LogP contribution >= 0.6 is 11.6 Å². The Kier molecular flexibility index (Phi) is 4.20. The second-order valence-corrected chi connectivity index (χ2v) is 9.32. The van der Waals surface area contributed by atoms with Crippen LogP contribution in [0, 0.1) is 0 Å². The van der Waals surface area contributed by atoms with Gasteiger partial charge in [0.15, 0.2) is 9.84 Å². The van der Waals surface area contributed by atoms with Crippen LogP contribution in [0.15, 0.2) is 48.5 Å². The molecule has 2 amide bonds. The molecule has 5 nitrogen and oxygen atoms in total. The number of anilines is 2. The zero-order valence-corrected chi connectivity index (χ0v) is 15.9. The van der Waals surface area contributed by atoms with Crippen LogP contribution in [-0.2, 0) is 16.3 Å². The molecule has 0 aliphatic carbocycles. The highest BCUT2D eigenvalue weighted by atomic mass is 35.5. The van der Waals surface area contributed by atoms with Crippen LogP contribution in [0.3, 0.4) is 0 Å². The van der Waals surface area contributed by atoms with Crippen LogP contribution in [-0.4, -0.2) is 38.0 Å². The summed E-state index contributed by atoms with van der Waals surface area (Å²) in [6, 6.07) is 13.7. The Hall–Kier alpha value is -2.05. The molecule has 2 fully saturated rings. The topological polar surface area (TPSA) is 57.7 Å². The van der Waals surface area contributed by atoms with Crippen molar-refractivity contribution in [2.24, 2.45) is 0 Å². The summed E-state index contributed by atoms with van der Waals surface area (Å²) < 4.78 is 24.5. The fourth-order valence-corrected chi connectivity index (χ4v) is 5.85. The first kappa shape index (κ1) is 17.4. The summed E-state index contributed by atoms with van der Waals surface area (Å²) in [5.41, 5.74) is 2.57. The van der Waals surface area contributed by atoms with E-state index < -0.39 is 9.84 Å². The first-order chi connectivity index (χ1) is 12.4. The standard InChI is InChI=1S/C19H19ClN2O3S/c1-2-13-3-7-15(8-4-13)21-17-11-26(24,25)12-18(17)22(19(21)23)16-9-5-14(20)6-10-16/h3-10,17-18H,2,11-12H2,1H3/t17-,18-/m1/s1. The second kappa shape index (κ2) is 6.28. The molecule has 2 aliphatic rings. The molecule has 2 aliphatic heterocycles. The van der Waals surface area contributed by atoms with Crippen molar-refractivity contribution in [1.82, 2.24) is 0 Å². The van der Waals surface area contributed by atoms with Crippen LogP contribution in [0.1, 0.15) is 12.5 Å². The third-order valence-electron chi connectivity index (χ3n) is 5.10. The number of nitrogens with zero attached hydrogens (tertiary/aromatic N) is 2. The van der Waals surface area contributed by atoms with Gasteiger partial charge in [-0.2, -0.15) is 0 Å². The van der Waals surface area contributed by atoms with Gasteiger partial charge < -0.3 is 0 Å². The van der Waals surface area contributed by atoms with Gasteiger partial charge in [0.1, 0.15) is 0 Å². The summed E-state index contributed by atoms with van der Waals surface area (Å²) in [4.78, 5) is 16.4. The van der Waals surface area contributed by atoms with Gasteiger partial charge in [-0.1, -0.05) is 30.7 Å². The molecule has 0 radical (unpaired) electrons. The van der Waals surface area contributed by atoms with Gasteiger partial charge in [0, 0.05) is 16.4 Å². The molecule has 0 saturated carbocycles. The molecule has 0 bridgehead atoms. The first-order valence-corrected chi connectivity index (χ1v) is 10.8. The number of rotatable bonds is 3. The summed E-state index contributed by atoms with van der Waals surface area (Å²) in [5.74, 6) is -0.0292. The smallest absolute Gasteiger partial charge is 0.288 e. The molecular weight excluding hydrogens is 372 g/mol. The number of aryl methyl sites for hydroxylation is 1. The summed E-state index contributed by atoms with van der Waals surface area (Å²) >= 11 is 5.95. The van der Waals surface area contributed by atoms with E-state index in [9.17, 15) is 13.2 Å². The third kappa shape index (κ3) is 2.87. The Morgan fingerprint density at radius 2 is 1.38 bits per heavy atom. The highest BCUT2D eigenvalue weighted by Crippen LogP contribution is 2.38. The molecule has 0 unspecified atom stereocenters. The Balaban J connectivity index is 1.77. The highest BCUT2D eigenvalue weighted by Gasteiger charge is 2.54. The van der Waals surface area contributed by atoms with Crippen molar-refractivity contribution in [3.63, 3.8) is 0 Å². The summed E-state index contributed by atoms with van der Waals surface area (Å²) in [5, 5.41) is 0.572. The number of carbonyl (C=O) groups excluding carboxylic acids is 1. The van der Waals surface area contributed by atoms with Crippen molar-refractivity contribution in [3.05, 3.63) is 59.1 Å². The Morgan fingerprint density at radius 1 is 0.923 bits per heavy atom. The number of urea groups is 1. The van der Waals surface area contributed by atoms with Crippen molar-refractivity contribution < 1.29 is 13.2 Å². The molecule has 7 heteroatoms. The van der Waals surface area contributed by atoms with E-state index in [4.69, 9.17) is 11.6 Å². The van der Waals surface area contributed by atoms with Crippen molar-refractivity contribution in [2.75, 3.05) is 21.3 Å². The molecule has 2 aromatic carbocycles. The lowest BCUT2D eigenvalue weighted by molar-refractivity contribution is 0.255. The average Bonchev–Trinajstić information content (AvgIpc) is 3.05. The highest BCUT2D eigenvalue weighted by molar-refractivity contribution is 7.91. The van der Waals surface area contributed by atoms with Crippen LogP contribution < -0.4 is 9.80 Å². The van der Waals surface area contributed by atoms with Gasteiger partial charge in [-0.05, 0) is 48.4 Å². The fraction of sp³-hybridized carbons (Fsp3) is 0.316. The van der Waals surface area contributed by atoms with E-state index in [1.165, 1.54) is 5.56 Å². The molecule has 0 aromatic heterocycles. The monoisotopic (exact) mass is 390 g/mol. The molecule has 0 N–H and O–H groups in total. The minimum atomic E-state index is -3.19. The van der Waals surface area contributed by atoms with Gasteiger partial charge in [0.25, 0.3) is 0 Å². The second-order valence-electron chi connectivity index (χ2n) is 6.73. The first-order valence-electron chi connectivity index (χ1n) is 8.57. The lowest BCUT2D eigenvalue weighted by Crippen LogP contribution is -2.37. The predicted octanol–water partition coefficient (Wildman–Crippen LogP) is 3.51. The van der Waals surface area contributed by atoms with Gasteiger partial charge in [-0.3, -0.25) is 9.80 Å². The molecule has 26 heavy (non-hydrogen) atoms. The van der Waals surface area contributed by atoms with Gasteiger partial charge in [0.2, 0.25) is 0 Å².